The zero-order chi connectivity index (χ0) is 18.4. The number of ether oxygens (including phenoxy) is 1. The summed E-state index contributed by atoms with van der Waals surface area (Å²) in [4.78, 5) is 22.1. The van der Waals surface area contributed by atoms with E-state index in [1.54, 1.807) is 24.3 Å². The Labute approximate surface area is 157 Å². The lowest BCUT2D eigenvalue weighted by Crippen LogP contribution is -2.47. The number of carboxylic acids is 1. The number of carboxylic acid groups (broad SMARTS) is 1. The second-order valence-electron chi connectivity index (χ2n) is 6.53. The smallest absolute Gasteiger partial charge is 0.348 e. The molecule has 0 bridgehead atoms. The Hall–Kier alpha value is -2.12. The Balaban J connectivity index is 1.66. The van der Waals surface area contributed by atoms with E-state index in [1.165, 1.54) is 0 Å². The van der Waals surface area contributed by atoms with Crippen LogP contribution < -0.4 is 4.74 Å². The normalized spacial score (nSPS) is 16.4. The van der Waals surface area contributed by atoms with Crippen LogP contribution in [0.1, 0.15) is 24.1 Å². The van der Waals surface area contributed by atoms with Gasteiger partial charge in [0.15, 0.2) is 0 Å². The van der Waals surface area contributed by atoms with Crippen LogP contribution in [0.4, 0.5) is 0 Å². The fraction of sp³-hybridized carbons (Fsp3) is 0.421. The molecule has 0 radical (unpaired) electrons. The van der Waals surface area contributed by atoms with Gasteiger partial charge in [-0.15, -0.1) is 0 Å². The van der Waals surface area contributed by atoms with E-state index in [2.05, 4.69) is 14.9 Å². The summed E-state index contributed by atoms with van der Waals surface area (Å²) in [5.41, 5.74) is 0.931. The second-order valence-corrected chi connectivity index (χ2v) is 7.76. The number of rotatable bonds is 7. The molecule has 0 amide bonds. The molecule has 26 heavy (non-hydrogen) atoms. The van der Waals surface area contributed by atoms with Crippen LogP contribution in [0, 0.1) is 0 Å². The van der Waals surface area contributed by atoms with Gasteiger partial charge in [0.25, 0.3) is 0 Å². The number of carbonyl (C=O) groups is 1. The molecular formula is C19H23N3O3S. The van der Waals surface area contributed by atoms with E-state index < -0.39 is 11.6 Å². The average Bonchev–Trinajstić information content (AvgIpc) is 2.63. The summed E-state index contributed by atoms with van der Waals surface area (Å²) in [7, 11) is 2.02. The van der Waals surface area contributed by atoms with Gasteiger partial charge < -0.3 is 9.84 Å². The molecule has 1 fully saturated rings. The fourth-order valence-corrected chi connectivity index (χ4v) is 4.20. The SMILES string of the molecule is CN(Cc1cccc(OC2(C(=O)O)CCSCC2)c1)Cc1ccncn1. The highest BCUT2D eigenvalue weighted by molar-refractivity contribution is 7.99. The fourth-order valence-electron chi connectivity index (χ4n) is 3.05. The molecule has 7 heteroatoms. The van der Waals surface area contributed by atoms with Crippen molar-refractivity contribution in [3.63, 3.8) is 0 Å². The van der Waals surface area contributed by atoms with Gasteiger partial charge in [0, 0.05) is 32.1 Å². The minimum atomic E-state index is -1.10. The Morgan fingerprint density at radius 2 is 2.12 bits per heavy atom. The van der Waals surface area contributed by atoms with Gasteiger partial charge in [0.2, 0.25) is 5.60 Å². The topological polar surface area (TPSA) is 75.5 Å². The van der Waals surface area contributed by atoms with Crippen molar-refractivity contribution in [1.29, 1.82) is 0 Å². The first-order chi connectivity index (χ1) is 12.6. The standard InChI is InChI=1S/C19H23N3O3S/c1-22(13-16-5-8-20-14-21-16)12-15-3-2-4-17(11-15)25-19(18(23)24)6-9-26-10-7-19/h2-5,8,11,14H,6-7,9-10,12-13H2,1H3,(H,23,24). The Morgan fingerprint density at radius 3 is 2.81 bits per heavy atom. The lowest BCUT2D eigenvalue weighted by molar-refractivity contribution is -0.156. The minimum absolute atomic E-state index is 0.533. The molecular weight excluding hydrogens is 350 g/mol. The maximum atomic E-state index is 11.8. The molecule has 1 N–H and O–H groups in total. The molecule has 0 unspecified atom stereocenters. The van der Waals surface area contributed by atoms with Crippen molar-refractivity contribution in [2.45, 2.75) is 31.5 Å². The van der Waals surface area contributed by atoms with Crippen LogP contribution in [0.5, 0.6) is 5.75 Å². The number of aromatic nitrogens is 2. The quantitative estimate of drug-likeness (QED) is 0.800. The Morgan fingerprint density at radius 1 is 1.31 bits per heavy atom. The molecule has 138 valence electrons. The number of benzene rings is 1. The highest BCUT2D eigenvalue weighted by Gasteiger charge is 2.42. The number of hydrogen-bond donors (Lipinski definition) is 1. The van der Waals surface area contributed by atoms with E-state index >= 15 is 0 Å². The molecule has 1 aromatic heterocycles. The summed E-state index contributed by atoms with van der Waals surface area (Å²) in [6.45, 7) is 1.43. The summed E-state index contributed by atoms with van der Waals surface area (Å²) >= 11 is 1.78. The van der Waals surface area contributed by atoms with Crippen molar-refractivity contribution in [2.24, 2.45) is 0 Å². The van der Waals surface area contributed by atoms with E-state index in [1.807, 2.05) is 37.4 Å². The third-order valence-corrected chi connectivity index (χ3v) is 5.42. The lowest BCUT2D eigenvalue weighted by atomic mass is 9.96. The van der Waals surface area contributed by atoms with Crippen molar-refractivity contribution in [3.05, 3.63) is 54.1 Å². The molecule has 0 atom stereocenters. The first-order valence-corrected chi connectivity index (χ1v) is 9.75. The van der Waals surface area contributed by atoms with Crippen molar-refractivity contribution in [3.8, 4) is 5.75 Å². The number of hydrogen-bond acceptors (Lipinski definition) is 6. The van der Waals surface area contributed by atoms with Crippen LogP contribution in [0.3, 0.4) is 0 Å². The Kier molecular flexibility index (Phi) is 6.11. The summed E-state index contributed by atoms with van der Waals surface area (Å²) in [5.74, 6) is 1.37. The molecule has 1 aromatic carbocycles. The molecule has 0 spiro atoms. The van der Waals surface area contributed by atoms with Crippen LogP contribution in [0.2, 0.25) is 0 Å². The molecule has 3 rings (SSSR count). The molecule has 2 heterocycles. The molecule has 2 aromatic rings. The molecule has 1 aliphatic rings. The Bertz CT molecular complexity index is 736. The minimum Gasteiger partial charge on any atom is -0.478 e. The van der Waals surface area contributed by atoms with E-state index in [4.69, 9.17) is 4.74 Å². The first-order valence-electron chi connectivity index (χ1n) is 8.60. The number of aliphatic carboxylic acids is 1. The van der Waals surface area contributed by atoms with Crippen molar-refractivity contribution in [2.75, 3.05) is 18.6 Å². The van der Waals surface area contributed by atoms with Gasteiger partial charge in [0.05, 0.1) is 5.69 Å². The van der Waals surface area contributed by atoms with Gasteiger partial charge >= 0.3 is 5.97 Å². The lowest BCUT2D eigenvalue weighted by Gasteiger charge is -2.33. The summed E-state index contributed by atoms with van der Waals surface area (Å²) < 4.78 is 5.99. The van der Waals surface area contributed by atoms with Crippen LogP contribution in [-0.4, -0.2) is 50.1 Å². The van der Waals surface area contributed by atoms with Crippen LogP contribution in [0.15, 0.2) is 42.9 Å². The third-order valence-electron chi connectivity index (χ3n) is 4.43. The van der Waals surface area contributed by atoms with E-state index in [9.17, 15) is 9.90 Å². The van der Waals surface area contributed by atoms with Gasteiger partial charge in [-0.25, -0.2) is 14.8 Å². The molecule has 1 saturated heterocycles. The molecule has 0 saturated carbocycles. The van der Waals surface area contributed by atoms with Crippen LogP contribution >= 0.6 is 11.8 Å². The predicted octanol–water partition coefficient (Wildman–Crippen LogP) is 2.84. The highest BCUT2D eigenvalue weighted by atomic mass is 32.2. The molecule has 1 aliphatic heterocycles. The van der Waals surface area contributed by atoms with Gasteiger partial charge in [-0.3, -0.25) is 4.90 Å². The maximum Gasteiger partial charge on any atom is 0.348 e. The number of thioether (sulfide) groups is 1. The number of nitrogens with zero attached hydrogens (tertiary/aromatic N) is 3. The van der Waals surface area contributed by atoms with Gasteiger partial charge in [0.1, 0.15) is 12.1 Å². The van der Waals surface area contributed by atoms with Crippen molar-refractivity contribution in [1.82, 2.24) is 14.9 Å². The van der Waals surface area contributed by atoms with Crippen molar-refractivity contribution < 1.29 is 14.6 Å². The zero-order valence-corrected chi connectivity index (χ0v) is 15.6. The largest absolute Gasteiger partial charge is 0.478 e. The third kappa shape index (κ3) is 4.74. The molecule has 6 nitrogen and oxygen atoms in total. The van der Waals surface area contributed by atoms with Crippen molar-refractivity contribution >= 4 is 17.7 Å². The van der Waals surface area contributed by atoms with Crippen LogP contribution in [0.25, 0.3) is 0 Å². The summed E-state index contributed by atoms with van der Waals surface area (Å²) in [6, 6.07) is 9.60. The highest BCUT2D eigenvalue weighted by Crippen LogP contribution is 2.32. The first kappa shape index (κ1) is 18.7. The average molecular weight is 373 g/mol. The van der Waals surface area contributed by atoms with E-state index in [0.29, 0.717) is 25.1 Å². The zero-order valence-electron chi connectivity index (χ0n) is 14.8. The summed E-state index contributed by atoms with van der Waals surface area (Å²) in [5, 5.41) is 9.67. The van der Waals surface area contributed by atoms with E-state index in [0.717, 1.165) is 29.3 Å². The predicted molar refractivity (Wildman–Crippen MR) is 101 cm³/mol. The second kappa shape index (κ2) is 8.51. The van der Waals surface area contributed by atoms with Gasteiger partial charge in [-0.05, 0) is 42.3 Å². The van der Waals surface area contributed by atoms with Gasteiger partial charge in [-0.2, -0.15) is 11.8 Å². The van der Waals surface area contributed by atoms with Crippen LogP contribution in [-0.2, 0) is 17.9 Å². The van der Waals surface area contributed by atoms with Gasteiger partial charge in [-0.1, -0.05) is 12.1 Å². The van der Waals surface area contributed by atoms with E-state index in [-0.39, 0.29) is 0 Å². The molecule has 0 aliphatic carbocycles. The monoisotopic (exact) mass is 373 g/mol. The summed E-state index contributed by atoms with van der Waals surface area (Å²) in [6.07, 6.45) is 4.35. The maximum absolute atomic E-state index is 11.8.